The van der Waals surface area contributed by atoms with Gasteiger partial charge in [0.15, 0.2) is 6.61 Å². The number of anilines is 1. The third kappa shape index (κ3) is 4.94. The smallest absolute Gasteiger partial charge is 0.311 e. The first kappa shape index (κ1) is 21.5. The fourth-order valence-corrected chi connectivity index (χ4v) is 3.15. The van der Waals surface area contributed by atoms with E-state index >= 15 is 0 Å². The molecule has 1 amide bonds. The third-order valence-electron chi connectivity index (χ3n) is 3.47. The van der Waals surface area contributed by atoms with Gasteiger partial charge in [-0.15, -0.1) is 0 Å². The number of nitro benzene ring substituents is 1. The minimum Gasteiger partial charge on any atom is -0.477 e. The van der Waals surface area contributed by atoms with Crippen molar-refractivity contribution in [2.45, 2.75) is 4.90 Å². The number of ether oxygens (including phenoxy) is 1. The second kappa shape index (κ2) is 8.50. The van der Waals surface area contributed by atoms with Crippen molar-refractivity contribution in [3.63, 3.8) is 0 Å². The molecule has 12 heteroatoms. The maximum absolute atomic E-state index is 13.3. The highest BCUT2D eigenvalue weighted by Gasteiger charge is 2.20. The molecule has 0 fully saturated rings. The van der Waals surface area contributed by atoms with Gasteiger partial charge in [0.1, 0.15) is 5.82 Å². The zero-order valence-electron chi connectivity index (χ0n) is 14.7. The molecule has 0 aliphatic rings. The van der Waals surface area contributed by atoms with Gasteiger partial charge in [0.25, 0.3) is 5.91 Å². The normalized spacial score (nSPS) is 11.3. The van der Waals surface area contributed by atoms with Gasteiger partial charge < -0.3 is 10.1 Å². The number of nitrogens with zero attached hydrogens (tertiary/aromatic N) is 2. The van der Waals surface area contributed by atoms with Crippen LogP contribution in [0.15, 0.2) is 41.3 Å². The second-order valence-electron chi connectivity index (χ2n) is 5.64. The third-order valence-corrected chi connectivity index (χ3v) is 5.61. The molecule has 1 N–H and O–H groups in total. The van der Waals surface area contributed by atoms with Crippen LogP contribution in [-0.2, 0) is 14.8 Å². The number of sulfonamides is 1. The summed E-state index contributed by atoms with van der Waals surface area (Å²) in [6.07, 6.45) is 0. The van der Waals surface area contributed by atoms with Gasteiger partial charge in [-0.3, -0.25) is 14.9 Å². The summed E-state index contributed by atoms with van der Waals surface area (Å²) in [7, 11) is -1.05. The summed E-state index contributed by atoms with van der Waals surface area (Å²) in [5.41, 5.74) is -0.502. The molecule has 0 spiro atoms. The van der Waals surface area contributed by atoms with Crippen LogP contribution in [0.2, 0.25) is 5.02 Å². The molecule has 0 saturated carbocycles. The van der Waals surface area contributed by atoms with Crippen molar-refractivity contribution < 1.29 is 27.3 Å². The summed E-state index contributed by atoms with van der Waals surface area (Å²) in [4.78, 5) is 22.1. The number of nitro groups is 1. The Morgan fingerprint density at radius 1 is 1.29 bits per heavy atom. The van der Waals surface area contributed by atoms with Gasteiger partial charge in [-0.05, 0) is 24.3 Å². The van der Waals surface area contributed by atoms with Gasteiger partial charge >= 0.3 is 5.69 Å². The van der Waals surface area contributed by atoms with E-state index in [1.54, 1.807) is 0 Å². The Morgan fingerprint density at radius 2 is 1.96 bits per heavy atom. The van der Waals surface area contributed by atoms with Gasteiger partial charge in [0.2, 0.25) is 15.8 Å². The number of amides is 1. The minimum atomic E-state index is -3.75. The number of rotatable bonds is 7. The molecule has 150 valence electrons. The summed E-state index contributed by atoms with van der Waals surface area (Å²) in [5.74, 6) is -1.97. The molecule has 0 atom stereocenters. The van der Waals surface area contributed by atoms with Crippen LogP contribution < -0.4 is 10.1 Å². The standard InChI is InChI=1S/C16H15ClFN3O6S/c1-20(2)28(25,26)11-4-5-12(17)13(8-11)19-16(22)9-27-15-7-10(18)3-6-14(15)21(23)24/h3-8H,9H2,1-2H3,(H,19,22). The molecule has 2 rings (SSSR count). The monoisotopic (exact) mass is 431 g/mol. The van der Waals surface area contributed by atoms with Crippen molar-refractivity contribution in [2.24, 2.45) is 0 Å². The van der Waals surface area contributed by atoms with Crippen LogP contribution in [0.5, 0.6) is 5.75 Å². The van der Waals surface area contributed by atoms with Crippen molar-refractivity contribution in [1.82, 2.24) is 4.31 Å². The Kier molecular flexibility index (Phi) is 6.54. The fourth-order valence-electron chi connectivity index (χ4n) is 2.06. The highest BCUT2D eigenvalue weighted by atomic mass is 35.5. The predicted octanol–water partition coefficient (Wildman–Crippen LogP) is 2.66. The van der Waals surface area contributed by atoms with Crippen molar-refractivity contribution in [2.75, 3.05) is 26.0 Å². The molecule has 0 heterocycles. The van der Waals surface area contributed by atoms with Crippen LogP contribution in [-0.4, -0.2) is 44.3 Å². The minimum absolute atomic E-state index is 0.00642. The Labute approximate surface area is 164 Å². The fraction of sp³-hybridized carbons (Fsp3) is 0.188. The Hall–Kier alpha value is -2.76. The highest BCUT2D eigenvalue weighted by molar-refractivity contribution is 7.89. The van der Waals surface area contributed by atoms with E-state index in [1.165, 1.54) is 32.3 Å². The topological polar surface area (TPSA) is 119 Å². The van der Waals surface area contributed by atoms with Gasteiger partial charge in [0.05, 0.1) is 20.5 Å². The number of hydrogen-bond donors (Lipinski definition) is 1. The molecular formula is C16H15ClFN3O6S. The first-order valence-corrected chi connectivity index (χ1v) is 9.43. The number of carbonyl (C=O) groups excluding carboxylic acids is 1. The summed E-state index contributed by atoms with van der Waals surface area (Å²) in [6, 6.07) is 6.32. The first-order valence-electron chi connectivity index (χ1n) is 7.61. The summed E-state index contributed by atoms with van der Waals surface area (Å²) in [5, 5.41) is 13.3. The molecule has 2 aromatic rings. The summed E-state index contributed by atoms with van der Waals surface area (Å²) >= 11 is 5.97. The number of carbonyl (C=O) groups is 1. The second-order valence-corrected chi connectivity index (χ2v) is 8.19. The lowest BCUT2D eigenvalue weighted by atomic mass is 10.3. The average Bonchev–Trinajstić information content (AvgIpc) is 2.61. The van der Waals surface area contributed by atoms with E-state index in [0.29, 0.717) is 0 Å². The van der Waals surface area contributed by atoms with Crippen LogP contribution in [0.25, 0.3) is 0 Å². The number of benzene rings is 2. The Morgan fingerprint density at radius 3 is 2.57 bits per heavy atom. The molecular weight excluding hydrogens is 417 g/mol. The van der Waals surface area contributed by atoms with Crippen LogP contribution in [0.3, 0.4) is 0 Å². The van der Waals surface area contributed by atoms with E-state index in [0.717, 1.165) is 22.5 Å². The lowest BCUT2D eigenvalue weighted by Gasteiger charge is -2.14. The van der Waals surface area contributed by atoms with Gasteiger partial charge in [-0.2, -0.15) is 0 Å². The molecule has 0 bridgehead atoms. The van der Waals surface area contributed by atoms with Crippen LogP contribution in [0.1, 0.15) is 0 Å². The number of hydrogen-bond acceptors (Lipinski definition) is 6. The largest absolute Gasteiger partial charge is 0.477 e. The van der Waals surface area contributed by atoms with E-state index in [2.05, 4.69) is 5.32 Å². The molecule has 9 nitrogen and oxygen atoms in total. The molecule has 0 saturated heterocycles. The highest BCUT2D eigenvalue weighted by Crippen LogP contribution is 2.28. The molecule has 0 unspecified atom stereocenters. The van der Waals surface area contributed by atoms with Crippen molar-refractivity contribution in [3.8, 4) is 5.75 Å². The maximum atomic E-state index is 13.3. The summed E-state index contributed by atoms with van der Waals surface area (Å²) < 4.78 is 43.6. The van der Waals surface area contributed by atoms with Crippen LogP contribution >= 0.6 is 11.6 Å². The number of nitrogens with one attached hydrogen (secondary N) is 1. The van der Waals surface area contributed by atoms with Crippen LogP contribution in [0, 0.1) is 15.9 Å². The molecule has 0 aromatic heterocycles. The van der Waals surface area contributed by atoms with E-state index < -0.39 is 44.7 Å². The molecule has 0 radical (unpaired) electrons. The molecule has 2 aromatic carbocycles. The van der Waals surface area contributed by atoms with E-state index in [-0.39, 0.29) is 15.6 Å². The maximum Gasteiger partial charge on any atom is 0.311 e. The SMILES string of the molecule is CN(C)S(=O)(=O)c1ccc(Cl)c(NC(=O)COc2cc(F)ccc2[N+](=O)[O-])c1. The lowest BCUT2D eigenvalue weighted by Crippen LogP contribution is -2.23. The van der Waals surface area contributed by atoms with Gasteiger partial charge in [-0.1, -0.05) is 11.6 Å². The van der Waals surface area contributed by atoms with E-state index in [1.807, 2.05) is 0 Å². The quantitative estimate of drug-likeness (QED) is 0.531. The first-order chi connectivity index (χ1) is 13.0. The average molecular weight is 432 g/mol. The molecule has 28 heavy (non-hydrogen) atoms. The van der Waals surface area contributed by atoms with Crippen molar-refractivity contribution in [1.29, 1.82) is 0 Å². The van der Waals surface area contributed by atoms with Crippen molar-refractivity contribution >= 4 is 38.9 Å². The van der Waals surface area contributed by atoms with Gasteiger partial charge in [0, 0.05) is 26.2 Å². The zero-order chi connectivity index (χ0) is 21.1. The summed E-state index contributed by atoms with van der Waals surface area (Å²) in [6.45, 7) is -0.689. The number of halogens is 2. The van der Waals surface area contributed by atoms with E-state index in [4.69, 9.17) is 16.3 Å². The van der Waals surface area contributed by atoms with Gasteiger partial charge in [-0.25, -0.2) is 17.1 Å². The Balaban J connectivity index is 2.16. The lowest BCUT2D eigenvalue weighted by molar-refractivity contribution is -0.385. The molecule has 0 aliphatic carbocycles. The van der Waals surface area contributed by atoms with Crippen LogP contribution in [0.4, 0.5) is 15.8 Å². The van der Waals surface area contributed by atoms with Crippen molar-refractivity contribution in [3.05, 3.63) is 57.4 Å². The van der Waals surface area contributed by atoms with E-state index in [9.17, 15) is 27.7 Å². The molecule has 0 aliphatic heterocycles. The Bertz CT molecular complexity index is 1030. The predicted molar refractivity (Wildman–Crippen MR) is 99.5 cm³/mol. The zero-order valence-corrected chi connectivity index (χ0v) is 16.3.